The topological polar surface area (TPSA) is 76.7 Å². The molecule has 6 nitrogen and oxygen atoms in total. The highest BCUT2D eigenvalue weighted by molar-refractivity contribution is 5.90. The van der Waals surface area contributed by atoms with Gasteiger partial charge < -0.3 is 20.1 Å². The van der Waals surface area contributed by atoms with Gasteiger partial charge in [-0.2, -0.15) is 0 Å². The van der Waals surface area contributed by atoms with Crippen molar-refractivity contribution in [1.29, 1.82) is 0 Å². The third-order valence-corrected chi connectivity index (χ3v) is 6.38. The summed E-state index contributed by atoms with van der Waals surface area (Å²) in [6.45, 7) is 1.38. The number of nitrogens with one attached hydrogen (secondary N) is 2. The quantitative estimate of drug-likeness (QED) is 0.403. The number of methoxy groups -OCH3 is 1. The van der Waals surface area contributed by atoms with Gasteiger partial charge in [-0.25, -0.2) is 0 Å². The van der Waals surface area contributed by atoms with E-state index in [-0.39, 0.29) is 29.6 Å². The summed E-state index contributed by atoms with van der Waals surface area (Å²) in [4.78, 5) is 24.9. The first-order valence-corrected chi connectivity index (χ1v) is 11.3. The summed E-state index contributed by atoms with van der Waals surface area (Å²) in [6.07, 6.45) is 2.60. The first-order valence-electron chi connectivity index (χ1n) is 11.3. The number of rotatable bonds is 4. The van der Waals surface area contributed by atoms with E-state index in [2.05, 4.69) is 16.7 Å². The molecule has 3 unspecified atom stereocenters. The van der Waals surface area contributed by atoms with Gasteiger partial charge in [0.2, 0.25) is 0 Å². The van der Waals surface area contributed by atoms with Crippen molar-refractivity contribution in [2.45, 2.75) is 25.3 Å². The van der Waals surface area contributed by atoms with E-state index in [1.807, 2.05) is 60.7 Å². The maximum atomic E-state index is 13.6. The maximum absolute atomic E-state index is 13.6. The van der Waals surface area contributed by atoms with Gasteiger partial charge in [0.1, 0.15) is 17.3 Å². The summed E-state index contributed by atoms with van der Waals surface area (Å²) in [6, 6.07) is 22.9. The predicted molar refractivity (Wildman–Crippen MR) is 131 cm³/mol. The largest absolute Gasteiger partial charge is 0.497 e. The number of carbonyl (C=O) groups excluding carboxylic acids is 2. The van der Waals surface area contributed by atoms with Gasteiger partial charge >= 0.3 is 5.97 Å². The van der Waals surface area contributed by atoms with Crippen LogP contribution in [0, 0.1) is 5.92 Å². The van der Waals surface area contributed by atoms with E-state index in [0.29, 0.717) is 12.2 Å². The molecule has 0 bridgehead atoms. The Labute approximate surface area is 198 Å². The Balaban J connectivity index is 1.54. The minimum absolute atomic E-state index is 0.0191. The third-order valence-electron chi connectivity index (χ3n) is 6.38. The van der Waals surface area contributed by atoms with Gasteiger partial charge in [-0.3, -0.25) is 9.59 Å². The van der Waals surface area contributed by atoms with Crippen molar-refractivity contribution >= 4 is 23.1 Å². The number of para-hydroxylation sites is 2. The summed E-state index contributed by atoms with van der Waals surface area (Å²) >= 11 is 0. The van der Waals surface area contributed by atoms with Crippen LogP contribution in [0.2, 0.25) is 0 Å². The number of fused-ring (bicyclic) bond motifs is 2. The molecule has 2 aliphatic rings. The smallest absolute Gasteiger partial charge is 0.308 e. The van der Waals surface area contributed by atoms with Crippen molar-refractivity contribution in [2.24, 2.45) is 5.92 Å². The Bertz CT molecular complexity index is 1250. The van der Waals surface area contributed by atoms with Gasteiger partial charge in [0.15, 0.2) is 0 Å². The standard InChI is InChI=1S/C28H26N2O4/c1-17(31)34-22-13-9-19(10-14-22)28-27-25(29-23-5-3-4-6-24(23)30-28)15-20(16-26(27)32)18-7-11-21(33-2)12-8-18/h3-15,20,27-30H,16H2,1-2H3. The Morgan fingerprint density at radius 3 is 2.21 bits per heavy atom. The summed E-state index contributed by atoms with van der Waals surface area (Å²) in [7, 11) is 1.64. The van der Waals surface area contributed by atoms with Crippen LogP contribution in [0.1, 0.15) is 36.4 Å². The minimum atomic E-state index is -0.374. The SMILES string of the molecule is COc1ccc(C2C=C3Nc4ccccc4NC(c4ccc(OC(C)=O)cc4)C3C(=O)C2)cc1. The van der Waals surface area contributed by atoms with Crippen LogP contribution in [0.3, 0.4) is 0 Å². The van der Waals surface area contributed by atoms with Gasteiger partial charge in [-0.1, -0.05) is 42.5 Å². The molecule has 0 spiro atoms. The molecule has 6 heteroatoms. The maximum Gasteiger partial charge on any atom is 0.308 e. The van der Waals surface area contributed by atoms with E-state index in [9.17, 15) is 9.59 Å². The second-order valence-electron chi connectivity index (χ2n) is 8.61. The van der Waals surface area contributed by atoms with E-state index >= 15 is 0 Å². The van der Waals surface area contributed by atoms with Crippen LogP contribution in [0.5, 0.6) is 11.5 Å². The van der Waals surface area contributed by atoms with Crippen LogP contribution in [0.15, 0.2) is 84.6 Å². The van der Waals surface area contributed by atoms with Crippen molar-refractivity contribution in [2.75, 3.05) is 17.7 Å². The predicted octanol–water partition coefficient (Wildman–Crippen LogP) is 5.46. The number of anilines is 2. The average molecular weight is 455 g/mol. The molecule has 0 radical (unpaired) electrons. The highest BCUT2D eigenvalue weighted by Crippen LogP contribution is 2.44. The lowest BCUT2D eigenvalue weighted by Gasteiger charge is -2.32. The Kier molecular flexibility index (Phi) is 5.80. The molecule has 2 N–H and O–H groups in total. The van der Waals surface area contributed by atoms with Crippen molar-refractivity contribution < 1.29 is 19.1 Å². The summed E-state index contributed by atoms with van der Waals surface area (Å²) in [5.41, 5.74) is 4.78. The van der Waals surface area contributed by atoms with Crippen LogP contribution in [-0.2, 0) is 9.59 Å². The second kappa shape index (κ2) is 9.06. The zero-order valence-electron chi connectivity index (χ0n) is 19.1. The number of allylic oxidation sites excluding steroid dienone is 1. The molecule has 0 saturated heterocycles. The Morgan fingerprint density at radius 1 is 0.882 bits per heavy atom. The summed E-state index contributed by atoms with van der Waals surface area (Å²) in [5, 5.41) is 7.12. The van der Waals surface area contributed by atoms with Crippen LogP contribution >= 0.6 is 0 Å². The number of ether oxygens (including phenoxy) is 2. The number of ketones is 1. The molecular weight excluding hydrogens is 428 g/mol. The highest BCUT2D eigenvalue weighted by Gasteiger charge is 2.39. The Morgan fingerprint density at radius 2 is 1.53 bits per heavy atom. The van der Waals surface area contributed by atoms with Gasteiger partial charge in [0, 0.05) is 25.0 Å². The monoisotopic (exact) mass is 454 g/mol. The molecule has 0 saturated carbocycles. The second-order valence-corrected chi connectivity index (χ2v) is 8.61. The van der Waals surface area contributed by atoms with Crippen LogP contribution in [0.4, 0.5) is 11.4 Å². The molecule has 1 heterocycles. The van der Waals surface area contributed by atoms with Gasteiger partial charge in [0.05, 0.1) is 30.4 Å². The number of hydrogen-bond donors (Lipinski definition) is 2. The van der Waals surface area contributed by atoms with Crippen LogP contribution < -0.4 is 20.1 Å². The lowest BCUT2D eigenvalue weighted by Crippen LogP contribution is -2.33. The fraction of sp³-hybridized carbons (Fsp3) is 0.214. The number of benzene rings is 3. The molecule has 5 rings (SSSR count). The first kappa shape index (κ1) is 21.8. The van der Waals surface area contributed by atoms with Crippen LogP contribution in [-0.4, -0.2) is 18.9 Å². The Hall–Kier alpha value is -4.06. The number of carbonyl (C=O) groups is 2. The first-order chi connectivity index (χ1) is 16.5. The molecule has 0 fully saturated rings. The molecule has 172 valence electrons. The van der Waals surface area contributed by atoms with Crippen LogP contribution in [0.25, 0.3) is 0 Å². The van der Waals surface area contributed by atoms with Crippen molar-refractivity contribution in [1.82, 2.24) is 0 Å². The van der Waals surface area contributed by atoms with E-state index in [1.54, 1.807) is 19.2 Å². The fourth-order valence-electron chi connectivity index (χ4n) is 4.76. The van der Waals surface area contributed by atoms with Crippen molar-refractivity contribution in [3.05, 3.63) is 95.7 Å². The molecular formula is C28H26N2O4. The molecule has 34 heavy (non-hydrogen) atoms. The summed E-state index contributed by atoms with van der Waals surface area (Å²) < 4.78 is 10.5. The molecule has 0 amide bonds. The van der Waals surface area contributed by atoms with Gasteiger partial charge in [-0.05, 0) is 47.5 Å². The molecule has 3 atom stereocenters. The fourth-order valence-corrected chi connectivity index (χ4v) is 4.76. The van der Waals surface area contributed by atoms with E-state index in [0.717, 1.165) is 33.9 Å². The number of Topliss-reactive ketones (excluding diaryl/α,β-unsaturated/α-hetero) is 1. The van der Waals surface area contributed by atoms with E-state index in [4.69, 9.17) is 9.47 Å². The van der Waals surface area contributed by atoms with E-state index in [1.165, 1.54) is 6.92 Å². The minimum Gasteiger partial charge on any atom is -0.497 e. The number of hydrogen-bond acceptors (Lipinski definition) is 6. The normalized spacial score (nSPS) is 21.1. The zero-order valence-corrected chi connectivity index (χ0v) is 19.1. The van der Waals surface area contributed by atoms with E-state index < -0.39 is 0 Å². The molecule has 1 aliphatic heterocycles. The van der Waals surface area contributed by atoms with Crippen molar-refractivity contribution in [3.8, 4) is 11.5 Å². The lowest BCUT2D eigenvalue weighted by atomic mass is 9.76. The van der Waals surface area contributed by atoms with Gasteiger partial charge in [0.25, 0.3) is 0 Å². The molecule has 0 aromatic heterocycles. The van der Waals surface area contributed by atoms with Crippen molar-refractivity contribution in [3.63, 3.8) is 0 Å². The third kappa shape index (κ3) is 4.27. The molecule has 1 aliphatic carbocycles. The average Bonchev–Trinajstić information content (AvgIpc) is 3.01. The van der Waals surface area contributed by atoms with Gasteiger partial charge in [-0.15, -0.1) is 0 Å². The molecule has 3 aromatic carbocycles. The molecule has 3 aromatic rings. The highest BCUT2D eigenvalue weighted by atomic mass is 16.5. The zero-order chi connectivity index (χ0) is 23.7. The lowest BCUT2D eigenvalue weighted by molar-refractivity contribution is -0.131. The summed E-state index contributed by atoms with van der Waals surface area (Å²) in [5.74, 6) is 0.680. The number of esters is 1.